The molecule has 5 nitrogen and oxygen atoms in total. The summed E-state index contributed by atoms with van der Waals surface area (Å²) in [7, 11) is 0. The van der Waals surface area contributed by atoms with Gasteiger partial charge in [0.15, 0.2) is 23.2 Å². The normalized spacial score (nSPS) is 16.9. The molecule has 32 heavy (non-hydrogen) atoms. The summed E-state index contributed by atoms with van der Waals surface area (Å²) in [6.45, 7) is 6.06. The third-order valence-electron chi connectivity index (χ3n) is 5.70. The number of hydrogen-bond acceptors (Lipinski definition) is 5. The number of ether oxygens (including phenoxy) is 1. The minimum absolute atomic E-state index is 0.146. The Bertz CT molecular complexity index is 959. The first-order chi connectivity index (χ1) is 15.6. The Morgan fingerprint density at radius 1 is 0.875 bits per heavy atom. The summed E-state index contributed by atoms with van der Waals surface area (Å²) in [5.41, 5.74) is 1.36. The second kappa shape index (κ2) is 10.5. The Hall–Kier alpha value is -3.00. The molecule has 0 N–H and O–H groups in total. The van der Waals surface area contributed by atoms with E-state index in [1.54, 1.807) is 0 Å². The smallest absolute Gasteiger partial charge is 0.168 e. The molecule has 2 heterocycles. The molecule has 0 unspecified atom stereocenters. The number of halogens is 3. The minimum Gasteiger partial charge on any atom is -0.489 e. The molecule has 1 saturated heterocycles. The predicted octanol–water partition coefficient (Wildman–Crippen LogP) is 3.53. The maximum Gasteiger partial charge on any atom is 0.168 e. The fourth-order valence-corrected chi connectivity index (χ4v) is 3.83. The van der Waals surface area contributed by atoms with Crippen LogP contribution in [0.1, 0.15) is 5.56 Å². The maximum absolute atomic E-state index is 13.7. The summed E-state index contributed by atoms with van der Waals surface area (Å²) in [6.07, 6.45) is 4.87. The number of aliphatic imine (C=N–C) groups is 1. The highest BCUT2D eigenvalue weighted by Gasteiger charge is 2.20. The van der Waals surface area contributed by atoms with Gasteiger partial charge in [0, 0.05) is 57.3 Å². The van der Waals surface area contributed by atoms with Crippen molar-refractivity contribution in [1.82, 2.24) is 14.7 Å². The quantitative estimate of drug-likeness (QED) is 0.583. The Kier molecular flexibility index (Phi) is 7.32. The van der Waals surface area contributed by atoms with Gasteiger partial charge in [-0.25, -0.2) is 18.2 Å². The van der Waals surface area contributed by atoms with Gasteiger partial charge in [0.1, 0.15) is 12.4 Å². The molecule has 4 rings (SSSR count). The van der Waals surface area contributed by atoms with Crippen molar-refractivity contribution >= 4 is 6.21 Å². The summed E-state index contributed by atoms with van der Waals surface area (Å²) in [6, 6.07) is 11.7. The standard InChI is InChI=1S/C24H27F3N4O/c25-20-16-22(27)23(17-21(20)26)32-15-14-30-9-7-28-24(18-30)31-12-10-29(11-13-31)8-6-19-4-2-1-3-5-19/h1-5,7,16-18H,6,8-15H2. The first-order valence-electron chi connectivity index (χ1n) is 10.9. The first-order valence-corrected chi connectivity index (χ1v) is 10.9. The molecular weight excluding hydrogens is 417 g/mol. The van der Waals surface area contributed by atoms with Gasteiger partial charge < -0.3 is 14.5 Å². The molecule has 2 aromatic carbocycles. The van der Waals surface area contributed by atoms with Gasteiger partial charge in [0.05, 0.1) is 13.1 Å². The Morgan fingerprint density at radius 3 is 2.41 bits per heavy atom. The minimum atomic E-state index is -1.23. The molecule has 0 aromatic heterocycles. The lowest BCUT2D eigenvalue weighted by Crippen LogP contribution is -2.47. The summed E-state index contributed by atoms with van der Waals surface area (Å²) in [4.78, 5) is 11.3. The van der Waals surface area contributed by atoms with Crippen LogP contribution in [-0.4, -0.2) is 73.3 Å². The Balaban J connectivity index is 1.23. The van der Waals surface area contributed by atoms with Gasteiger partial charge in [0.2, 0.25) is 0 Å². The van der Waals surface area contributed by atoms with Gasteiger partial charge in [-0.2, -0.15) is 0 Å². The van der Waals surface area contributed by atoms with Crippen molar-refractivity contribution in [3.63, 3.8) is 0 Å². The largest absolute Gasteiger partial charge is 0.489 e. The van der Waals surface area contributed by atoms with E-state index < -0.39 is 17.5 Å². The zero-order valence-corrected chi connectivity index (χ0v) is 17.9. The van der Waals surface area contributed by atoms with Crippen LogP contribution in [0.3, 0.4) is 0 Å². The van der Waals surface area contributed by atoms with Crippen molar-refractivity contribution in [3.05, 3.63) is 77.5 Å². The second-order valence-electron chi connectivity index (χ2n) is 7.90. The average Bonchev–Trinajstić information content (AvgIpc) is 2.82. The van der Waals surface area contributed by atoms with Crippen molar-refractivity contribution in [2.75, 3.05) is 52.4 Å². The zero-order chi connectivity index (χ0) is 22.3. The monoisotopic (exact) mass is 444 g/mol. The highest BCUT2D eigenvalue weighted by atomic mass is 19.2. The van der Waals surface area contributed by atoms with E-state index in [0.717, 1.165) is 51.0 Å². The molecule has 2 aliphatic heterocycles. The van der Waals surface area contributed by atoms with Crippen LogP contribution in [0.4, 0.5) is 13.2 Å². The predicted molar refractivity (Wildman–Crippen MR) is 118 cm³/mol. The van der Waals surface area contributed by atoms with Crippen LogP contribution >= 0.6 is 0 Å². The Morgan fingerprint density at radius 2 is 1.62 bits per heavy atom. The summed E-state index contributed by atoms with van der Waals surface area (Å²) >= 11 is 0. The van der Waals surface area contributed by atoms with E-state index in [2.05, 4.69) is 39.1 Å². The van der Waals surface area contributed by atoms with E-state index in [-0.39, 0.29) is 12.4 Å². The molecule has 0 amide bonds. The molecule has 0 spiro atoms. The van der Waals surface area contributed by atoms with Gasteiger partial charge in [-0.15, -0.1) is 0 Å². The van der Waals surface area contributed by atoms with E-state index in [9.17, 15) is 13.2 Å². The van der Waals surface area contributed by atoms with Gasteiger partial charge in [-0.3, -0.25) is 4.90 Å². The van der Waals surface area contributed by atoms with Crippen LogP contribution in [0.5, 0.6) is 5.75 Å². The SMILES string of the molecule is Fc1cc(F)c(OCCN2C=C(N3CCN(CCc4ccccc4)CC3)N=CC2)cc1F. The fourth-order valence-electron chi connectivity index (χ4n) is 3.83. The molecular formula is C24H27F3N4O. The number of benzene rings is 2. The Labute approximate surface area is 186 Å². The molecule has 0 atom stereocenters. The van der Waals surface area contributed by atoms with Crippen molar-refractivity contribution in [2.45, 2.75) is 6.42 Å². The highest BCUT2D eigenvalue weighted by molar-refractivity contribution is 5.62. The van der Waals surface area contributed by atoms with Gasteiger partial charge in [-0.05, 0) is 12.0 Å². The zero-order valence-electron chi connectivity index (χ0n) is 17.9. The van der Waals surface area contributed by atoms with Gasteiger partial charge >= 0.3 is 0 Å². The molecule has 2 aliphatic rings. The summed E-state index contributed by atoms with van der Waals surface area (Å²) < 4.78 is 45.3. The van der Waals surface area contributed by atoms with E-state index in [0.29, 0.717) is 19.2 Å². The molecule has 0 aliphatic carbocycles. The average molecular weight is 445 g/mol. The molecule has 0 bridgehead atoms. The number of hydrogen-bond donors (Lipinski definition) is 0. The van der Waals surface area contributed by atoms with Crippen LogP contribution in [0.25, 0.3) is 0 Å². The van der Waals surface area contributed by atoms with Crippen LogP contribution in [-0.2, 0) is 6.42 Å². The lowest BCUT2D eigenvalue weighted by Gasteiger charge is -2.37. The number of nitrogens with zero attached hydrogens (tertiary/aromatic N) is 4. The molecule has 8 heteroatoms. The van der Waals surface area contributed by atoms with E-state index >= 15 is 0 Å². The molecule has 0 saturated carbocycles. The van der Waals surface area contributed by atoms with Crippen molar-refractivity contribution < 1.29 is 17.9 Å². The van der Waals surface area contributed by atoms with Gasteiger partial charge in [0.25, 0.3) is 0 Å². The topological polar surface area (TPSA) is 31.3 Å². The third kappa shape index (κ3) is 5.82. The van der Waals surface area contributed by atoms with Gasteiger partial charge in [-0.1, -0.05) is 30.3 Å². The summed E-state index contributed by atoms with van der Waals surface area (Å²) in [5, 5.41) is 0. The maximum atomic E-state index is 13.7. The first kappa shape index (κ1) is 22.2. The van der Waals surface area contributed by atoms with Crippen molar-refractivity contribution in [2.24, 2.45) is 4.99 Å². The van der Waals surface area contributed by atoms with E-state index in [4.69, 9.17) is 4.74 Å². The molecule has 1 fully saturated rings. The van der Waals surface area contributed by atoms with Crippen molar-refractivity contribution in [3.8, 4) is 5.75 Å². The second-order valence-corrected chi connectivity index (χ2v) is 7.90. The molecule has 0 radical (unpaired) electrons. The number of rotatable bonds is 8. The summed E-state index contributed by atoms with van der Waals surface area (Å²) in [5.74, 6) is -2.65. The lowest BCUT2D eigenvalue weighted by molar-refractivity contribution is 0.155. The number of piperazine rings is 1. The molecule has 170 valence electrons. The van der Waals surface area contributed by atoms with E-state index in [1.807, 2.05) is 23.4 Å². The lowest BCUT2D eigenvalue weighted by atomic mass is 10.1. The van der Waals surface area contributed by atoms with Crippen molar-refractivity contribution in [1.29, 1.82) is 0 Å². The van der Waals surface area contributed by atoms with Crippen LogP contribution in [0.15, 0.2) is 59.5 Å². The third-order valence-corrected chi connectivity index (χ3v) is 5.70. The van der Waals surface area contributed by atoms with Crippen LogP contribution in [0.2, 0.25) is 0 Å². The highest BCUT2D eigenvalue weighted by Crippen LogP contribution is 2.21. The van der Waals surface area contributed by atoms with E-state index in [1.165, 1.54) is 5.56 Å². The fraction of sp³-hybridized carbons (Fsp3) is 0.375. The van der Waals surface area contributed by atoms with Crippen LogP contribution < -0.4 is 4.74 Å². The van der Waals surface area contributed by atoms with Crippen LogP contribution in [0, 0.1) is 17.5 Å². The molecule has 2 aromatic rings.